The van der Waals surface area contributed by atoms with Gasteiger partial charge in [-0.05, 0) is 13.3 Å². The first-order valence-electron chi connectivity index (χ1n) is 4.38. The Labute approximate surface area is 73.3 Å². The molecule has 0 bridgehead atoms. The predicted molar refractivity (Wildman–Crippen MR) is 47.7 cm³/mol. The van der Waals surface area contributed by atoms with E-state index in [2.05, 4.69) is 6.58 Å². The third kappa shape index (κ3) is 1.75. The third-order valence-electron chi connectivity index (χ3n) is 2.66. The Morgan fingerprint density at radius 1 is 1.67 bits per heavy atom. The van der Waals surface area contributed by atoms with Crippen molar-refractivity contribution >= 4 is 5.78 Å². The molecule has 1 fully saturated rings. The molecule has 3 atom stereocenters. The largest absolute Gasteiger partial charge is 0.392 e. The fourth-order valence-corrected chi connectivity index (χ4v) is 1.71. The van der Waals surface area contributed by atoms with Crippen LogP contribution in [0.2, 0.25) is 0 Å². The molecule has 0 amide bonds. The van der Waals surface area contributed by atoms with E-state index in [9.17, 15) is 9.90 Å². The molecule has 1 saturated carbocycles. The normalized spacial score (nSPS) is 36.6. The van der Waals surface area contributed by atoms with Crippen LogP contribution in [0.25, 0.3) is 0 Å². The first kappa shape index (κ1) is 9.46. The Bertz CT molecular complexity index is 208. The molecule has 1 aliphatic rings. The van der Waals surface area contributed by atoms with Crippen molar-refractivity contribution in [2.24, 2.45) is 11.8 Å². The van der Waals surface area contributed by atoms with Crippen LogP contribution in [0.15, 0.2) is 12.2 Å². The van der Waals surface area contributed by atoms with E-state index < -0.39 is 0 Å². The average molecular weight is 168 g/mol. The number of carbonyl (C=O) groups excluding carboxylic acids is 1. The summed E-state index contributed by atoms with van der Waals surface area (Å²) in [6, 6.07) is 0. The molecule has 0 aliphatic heterocycles. The van der Waals surface area contributed by atoms with Crippen LogP contribution < -0.4 is 0 Å². The van der Waals surface area contributed by atoms with Gasteiger partial charge in [0.05, 0.1) is 6.10 Å². The summed E-state index contributed by atoms with van der Waals surface area (Å²) in [7, 11) is 0. The molecular formula is C10H16O2. The van der Waals surface area contributed by atoms with E-state index in [1.54, 1.807) is 0 Å². The van der Waals surface area contributed by atoms with Gasteiger partial charge in [0.2, 0.25) is 0 Å². The van der Waals surface area contributed by atoms with E-state index in [0.717, 1.165) is 5.57 Å². The molecular weight excluding hydrogens is 152 g/mol. The smallest absolute Gasteiger partial charge is 0.136 e. The second kappa shape index (κ2) is 3.40. The number of hydrogen-bond donors (Lipinski definition) is 1. The topological polar surface area (TPSA) is 37.3 Å². The summed E-state index contributed by atoms with van der Waals surface area (Å²) in [4.78, 5) is 11.3. The minimum Gasteiger partial charge on any atom is -0.392 e. The lowest BCUT2D eigenvalue weighted by Crippen LogP contribution is -2.34. The highest BCUT2D eigenvalue weighted by molar-refractivity contribution is 5.82. The maximum absolute atomic E-state index is 11.3. The van der Waals surface area contributed by atoms with E-state index in [1.165, 1.54) is 0 Å². The van der Waals surface area contributed by atoms with E-state index in [1.807, 2.05) is 13.8 Å². The van der Waals surface area contributed by atoms with Gasteiger partial charge in [-0.2, -0.15) is 0 Å². The second-order valence-corrected chi connectivity index (χ2v) is 3.83. The van der Waals surface area contributed by atoms with Crippen molar-refractivity contribution in [2.45, 2.75) is 32.8 Å². The number of aliphatic hydroxyl groups is 1. The Morgan fingerprint density at radius 3 is 2.75 bits per heavy atom. The lowest BCUT2D eigenvalue weighted by Gasteiger charge is -2.30. The Balaban J connectivity index is 2.68. The summed E-state index contributed by atoms with van der Waals surface area (Å²) < 4.78 is 0. The monoisotopic (exact) mass is 168 g/mol. The van der Waals surface area contributed by atoms with Crippen molar-refractivity contribution in [1.29, 1.82) is 0 Å². The van der Waals surface area contributed by atoms with Crippen LogP contribution in [0.1, 0.15) is 26.7 Å². The molecule has 12 heavy (non-hydrogen) atoms. The summed E-state index contributed by atoms with van der Waals surface area (Å²) in [6.07, 6.45) is 0.698. The molecule has 0 heterocycles. The van der Waals surface area contributed by atoms with Gasteiger partial charge in [0.1, 0.15) is 5.78 Å². The number of aliphatic hydroxyl groups excluding tert-OH is 1. The minimum atomic E-state index is -0.366. The maximum atomic E-state index is 11.3. The second-order valence-electron chi connectivity index (χ2n) is 3.83. The van der Waals surface area contributed by atoms with Crippen molar-refractivity contribution in [3.8, 4) is 0 Å². The van der Waals surface area contributed by atoms with Gasteiger partial charge in [-0.25, -0.2) is 0 Å². The SMILES string of the molecule is C=C(C)C1CC(=O)C(C)CC1O. The number of Topliss-reactive ketones (excluding diaryl/α,β-unsaturated/α-hetero) is 1. The fourth-order valence-electron chi connectivity index (χ4n) is 1.71. The van der Waals surface area contributed by atoms with Crippen molar-refractivity contribution in [2.75, 3.05) is 0 Å². The van der Waals surface area contributed by atoms with Gasteiger partial charge in [0.25, 0.3) is 0 Å². The zero-order valence-corrected chi connectivity index (χ0v) is 7.71. The molecule has 0 spiro atoms. The first-order valence-corrected chi connectivity index (χ1v) is 4.38. The van der Waals surface area contributed by atoms with Crippen LogP contribution in [-0.2, 0) is 4.79 Å². The van der Waals surface area contributed by atoms with Crippen molar-refractivity contribution in [1.82, 2.24) is 0 Å². The fraction of sp³-hybridized carbons (Fsp3) is 0.700. The molecule has 2 heteroatoms. The van der Waals surface area contributed by atoms with Gasteiger partial charge in [0.15, 0.2) is 0 Å². The van der Waals surface area contributed by atoms with Crippen LogP contribution in [-0.4, -0.2) is 17.0 Å². The van der Waals surface area contributed by atoms with E-state index in [-0.39, 0.29) is 23.7 Å². The van der Waals surface area contributed by atoms with E-state index >= 15 is 0 Å². The molecule has 0 aromatic heterocycles. The highest BCUT2D eigenvalue weighted by Crippen LogP contribution is 2.30. The van der Waals surface area contributed by atoms with Gasteiger partial charge in [-0.3, -0.25) is 4.79 Å². The predicted octanol–water partition coefficient (Wildman–Crippen LogP) is 1.54. The molecule has 0 aromatic rings. The van der Waals surface area contributed by atoms with Gasteiger partial charge < -0.3 is 5.11 Å². The van der Waals surface area contributed by atoms with Gasteiger partial charge in [0, 0.05) is 18.3 Å². The van der Waals surface area contributed by atoms with Gasteiger partial charge in [-0.15, -0.1) is 0 Å². The zero-order chi connectivity index (χ0) is 9.30. The summed E-state index contributed by atoms with van der Waals surface area (Å²) in [5, 5.41) is 9.61. The molecule has 1 N–H and O–H groups in total. The van der Waals surface area contributed by atoms with Crippen molar-refractivity contribution in [3.05, 3.63) is 12.2 Å². The minimum absolute atomic E-state index is 0.00583. The standard InChI is InChI=1S/C10H16O2/c1-6(2)8-5-9(11)7(3)4-10(8)12/h7-8,10,12H,1,4-5H2,2-3H3. The lowest BCUT2D eigenvalue weighted by atomic mass is 9.77. The quantitative estimate of drug-likeness (QED) is 0.603. The summed E-state index contributed by atoms with van der Waals surface area (Å²) in [6.45, 7) is 7.52. The molecule has 68 valence electrons. The third-order valence-corrected chi connectivity index (χ3v) is 2.66. The van der Waals surface area contributed by atoms with Gasteiger partial charge in [-0.1, -0.05) is 19.1 Å². The number of rotatable bonds is 1. The molecule has 3 unspecified atom stereocenters. The zero-order valence-electron chi connectivity index (χ0n) is 7.71. The van der Waals surface area contributed by atoms with E-state index in [4.69, 9.17) is 0 Å². The van der Waals surface area contributed by atoms with Crippen LogP contribution in [0.5, 0.6) is 0 Å². The molecule has 0 radical (unpaired) electrons. The first-order chi connectivity index (χ1) is 5.52. The Hall–Kier alpha value is -0.630. The highest BCUT2D eigenvalue weighted by Gasteiger charge is 2.32. The van der Waals surface area contributed by atoms with Gasteiger partial charge >= 0.3 is 0 Å². The molecule has 0 aromatic carbocycles. The number of hydrogen-bond acceptors (Lipinski definition) is 2. The van der Waals surface area contributed by atoms with Crippen LogP contribution in [0.3, 0.4) is 0 Å². The Kier molecular flexibility index (Phi) is 2.68. The molecule has 1 rings (SSSR count). The van der Waals surface area contributed by atoms with E-state index in [0.29, 0.717) is 12.8 Å². The summed E-state index contributed by atoms with van der Waals surface area (Å²) >= 11 is 0. The number of carbonyl (C=O) groups is 1. The lowest BCUT2D eigenvalue weighted by molar-refractivity contribution is -0.128. The number of ketones is 1. The molecule has 1 aliphatic carbocycles. The van der Waals surface area contributed by atoms with Crippen LogP contribution in [0.4, 0.5) is 0 Å². The molecule has 0 saturated heterocycles. The maximum Gasteiger partial charge on any atom is 0.136 e. The van der Waals surface area contributed by atoms with Crippen LogP contribution in [0, 0.1) is 11.8 Å². The molecule has 2 nitrogen and oxygen atoms in total. The average Bonchev–Trinajstić information content (AvgIpc) is 1.96. The Morgan fingerprint density at radius 2 is 2.25 bits per heavy atom. The summed E-state index contributed by atoms with van der Waals surface area (Å²) in [5.41, 5.74) is 0.919. The van der Waals surface area contributed by atoms with Crippen molar-refractivity contribution < 1.29 is 9.90 Å². The van der Waals surface area contributed by atoms with Crippen LogP contribution >= 0.6 is 0 Å². The van der Waals surface area contributed by atoms with Crippen molar-refractivity contribution in [3.63, 3.8) is 0 Å². The highest BCUT2D eigenvalue weighted by atomic mass is 16.3. The summed E-state index contributed by atoms with van der Waals surface area (Å²) in [5.74, 6) is 0.276.